The molecule has 4 nitrogen and oxygen atoms in total. The summed E-state index contributed by atoms with van der Waals surface area (Å²) in [6.45, 7) is 4.10. The van der Waals surface area contributed by atoms with Gasteiger partial charge in [0.15, 0.2) is 0 Å². The number of hydrogen-bond donors (Lipinski definition) is 2. The first-order chi connectivity index (χ1) is 6.75. The van der Waals surface area contributed by atoms with Crippen LogP contribution in [0.5, 0.6) is 0 Å². The summed E-state index contributed by atoms with van der Waals surface area (Å²) in [6, 6.07) is 0.327. The van der Waals surface area contributed by atoms with Gasteiger partial charge in [0.05, 0.1) is 6.61 Å². The highest BCUT2D eigenvalue weighted by molar-refractivity contribution is 5.73. The maximum atomic E-state index is 11.3. The Hall–Kier alpha value is -0.610. The third kappa shape index (κ3) is 3.27. The third-order valence-corrected chi connectivity index (χ3v) is 2.70. The van der Waals surface area contributed by atoms with Crippen LogP contribution < -0.4 is 5.32 Å². The van der Waals surface area contributed by atoms with E-state index in [0.29, 0.717) is 12.6 Å². The van der Waals surface area contributed by atoms with Gasteiger partial charge in [0.2, 0.25) is 5.91 Å². The maximum absolute atomic E-state index is 11.3. The molecule has 1 amide bonds. The molecule has 2 N–H and O–H groups in total. The van der Waals surface area contributed by atoms with Gasteiger partial charge >= 0.3 is 0 Å². The molecule has 4 heteroatoms. The molecule has 1 rings (SSSR count). The van der Waals surface area contributed by atoms with Crippen molar-refractivity contribution in [2.45, 2.75) is 32.2 Å². The minimum absolute atomic E-state index is 0.160. The van der Waals surface area contributed by atoms with Gasteiger partial charge in [-0.05, 0) is 19.3 Å². The fourth-order valence-electron chi connectivity index (χ4n) is 1.98. The fraction of sp³-hybridized carbons (Fsp3) is 0.900. The molecule has 0 aromatic rings. The monoisotopic (exact) mass is 200 g/mol. The molecular weight excluding hydrogens is 180 g/mol. The molecule has 0 spiro atoms. The van der Waals surface area contributed by atoms with E-state index in [-0.39, 0.29) is 12.5 Å². The molecule has 0 aromatic carbocycles. The summed E-state index contributed by atoms with van der Waals surface area (Å²) in [5.41, 5.74) is 0. The lowest BCUT2D eigenvalue weighted by atomic mass is 10.0. The lowest BCUT2D eigenvalue weighted by Crippen LogP contribution is -2.48. The van der Waals surface area contributed by atoms with Crippen molar-refractivity contribution in [1.29, 1.82) is 0 Å². The minimum atomic E-state index is 0.160. The van der Waals surface area contributed by atoms with E-state index in [2.05, 4.69) is 5.32 Å². The van der Waals surface area contributed by atoms with E-state index in [1.54, 1.807) is 6.92 Å². The van der Waals surface area contributed by atoms with Gasteiger partial charge in [-0.1, -0.05) is 0 Å². The Balaban J connectivity index is 2.34. The van der Waals surface area contributed by atoms with Crippen molar-refractivity contribution in [3.05, 3.63) is 0 Å². The van der Waals surface area contributed by atoms with Gasteiger partial charge in [-0.3, -0.25) is 4.79 Å². The Morgan fingerprint density at radius 3 is 3.00 bits per heavy atom. The molecule has 1 aliphatic rings. The smallest absolute Gasteiger partial charge is 0.219 e. The molecule has 14 heavy (non-hydrogen) atoms. The zero-order valence-electron chi connectivity index (χ0n) is 8.83. The van der Waals surface area contributed by atoms with Crippen LogP contribution in [0.4, 0.5) is 0 Å². The number of likely N-dealkylation sites (tertiary alicyclic amines) is 1. The average Bonchev–Trinajstić information content (AvgIpc) is 2.19. The van der Waals surface area contributed by atoms with Crippen molar-refractivity contribution < 1.29 is 9.90 Å². The number of carbonyl (C=O) groups is 1. The number of nitrogens with one attached hydrogen (secondary N) is 1. The lowest BCUT2D eigenvalue weighted by molar-refractivity contribution is -0.132. The Morgan fingerprint density at radius 2 is 2.36 bits per heavy atom. The minimum Gasteiger partial charge on any atom is -0.395 e. The van der Waals surface area contributed by atoms with Gasteiger partial charge in [0.1, 0.15) is 0 Å². The first-order valence-corrected chi connectivity index (χ1v) is 5.34. The number of nitrogens with zero attached hydrogens (tertiary/aromatic N) is 1. The first kappa shape index (κ1) is 11.5. The number of aliphatic hydroxyl groups is 1. The number of aliphatic hydroxyl groups excluding tert-OH is 1. The molecule has 1 aliphatic heterocycles. The third-order valence-electron chi connectivity index (χ3n) is 2.70. The van der Waals surface area contributed by atoms with Crippen LogP contribution in [0.15, 0.2) is 0 Å². The van der Waals surface area contributed by atoms with Crippen LogP contribution in [0.3, 0.4) is 0 Å². The van der Waals surface area contributed by atoms with Crippen molar-refractivity contribution in [3.8, 4) is 0 Å². The molecule has 1 fully saturated rings. The second-order valence-corrected chi connectivity index (χ2v) is 3.79. The van der Waals surface area contributed by atoms with Gasteiger partial charge in [0.25, 0.3) is 0 Å². The molecule has 0 aromatic heterocycles. The fourth-order valence-corrected chi connectivity index (χ4v) is 1.98. The van der Waals surface area contributed by atoms with E-state index in [4.69, 9.17) is 5.11 Å². The highest BCUT2D eigenvalue weighted by Crippen LogP contribution is 2.16. The zero-order valence-corrected chi connectivity index (χ0v) is 8.83. The molecule has 0 radical (unpaired) electrons. The highest BCUT2D eigenvalue weighted by atomic mass is 16.3. The average molecular weight is 200 g/mol. The van der Waals surface area contributed by atoms with E-state index in [0.717, 1.165) is 25.9 Å². The summed E-state index contributed by atoms with van der Waals surface area (Å²) in [6.07, 6.45) is 3.41. The maximum Gasteiger partial charge on any atom is 0.219 e. The molecule has 0 unspecified atom stereocenters. The number of hydrogen-bond acceptors (Lipinski definition) is 3. The molecule has 1 saturated heterocycles. The number of carbonyl (C=O) groups excluding carboxylic acids is 1. The lowest BCUT2D eigenvalue weighted by Gasteiger charge is -2.35. The second-order valence-electron chi connectivity index (χ2n) is 3.79. The Kier molecular flexibility index (Phi) is 4.90. The quantitative estimate of drug-likeness (QED) is 0.627. The van der Waals surface area contributed by atoms with E-state index < -0.39 is 0 Å². The van der Waals surface area contributed by atoms with Crippen LogP contribution in [-0.2, 0) is 4.79 Å². The van der Waals surface area contributed by atoms with Crippen LogP contribution in [0, 0.1) is 0 Å². The second kappa shape index (κ2) is 5.98. The predicted octanol–water partition coefficient (Wildman–Crippen LogP) is -0.0307. The van der Waals surface area contributed by atoms with Crippen LogP contribution >= 0.6 is 0 Å². The van der Waals surface area contributed by atoms with E-state index in [9.17, 15) is 4.79 Å². The van der Waals surface area contributed by atoms with Crippen LogP contribution in [0.25, 0.3) is 0 Å². The summed E-state index contributed by atoms with van der Waals surface area (Å²) < 4.78 is 0. The van der Waals surface area contributed by atoms with Crippen molar-refractivity contribution in [3.63, 3.8) is 0 Å². The standard InChI is InChI=1S/C10H20N2O2/c1-9(14)12-6-3-2-4-10(12)8-11-5-7-13/h10-11,13H,2-8H2,1H3/t10-/m1/s1. The number of amides is 1. The largest absolute Gasteiger partial charge is 0.395 e. The normalized spacial score (nSPS) is 22.4. The Morgan fingerprint density at radius 1 is 1.57 bits per heavy atom. The molecule has 82 valence electrons. The summed E-state index contributed by atoms with van der Waals surface area (Å²) in [5, 5.41) is 11.8. The molecular formula is C10H20N2O2. The van der Waals surface area contributed by atoms with Crippen LogP contribution in [-0.4, -0.2) is 48.2 Å². The van der Waals surface area contributed by atoms with Gasteiger partial charge < -0.3 is 15.3 Å². The summed E-state index contributed by atoms with van der Waals surface area (Å²) in [5.74, 6) is 0.167. The zero-order chi connectivity index (χ0) is 10.4. The molecule has 1 heterocycles. The predicted molar refractivity (Wildman–Crippen MR) is 55.0 cm³/mol. The topological polar surface area (TPSA) is 52.6 Å². The van der Waals surface area contributed by atoms with Crippen molar-refractivity contribution in [2.75, 3.05) is 26.2 Å². The molecule has 0 aliphatic carbocycles. The van der Waals surface area contributed by atoms with E-state index in [1.807, 2.05) is 4.90 Å². The molecule has 1 atom stereocenters. The SMILES string of the molecule is CC(=O)N1CCCC[C@@H]1CNCCO. The van der Waals surface area contributed by atoms with Crippen LogP contribution in [0.1, 0.15) is 26.2 Å². The van der Waals surface area contributed by atoms with Crippen molar-refractivity contribution in [1.82, 2.24) is 10.2 Å². The molecule has 0 bridgehead atoms. The molecule has 0 saturated carbocycles. The van der Waals surface area contributed by atoms with Gasteiger partial charge in [0, 0.05) is 32.6 Å². The van der Waals surface area contributed by atoms with Crippen LogP contribution in [0.2, 0.25) is 0 Å². The Bertz CT molecular complexity index is 185. The summed E-state index contributed by atoms with van der Waals surface area (Å²) in [7, 11) is 0. The van der Waals surface area contributed by atoms with E-state index in [1.165, 1.54) is 6.42 Å². The van der Waals surface area contributed by atoms with Crippen molar-refractivity contribution >= 4 is 5.91 Å². The van der Waals surface area contributed by atoms with E-state index >= 15 is 0 Å². The van der Waals surface area contributed by atoms with Gasteiger partial charge in [-0.15, -0.1) is 0 Å². The Labute approximate surface area is 85.3 Å². The highest BCUT2D eigenvalue weighted by Gasteiger charge is 2.23. The number of piperidine rings is 1. The van der Waals surface area contributed by atoms with Gasteiger partial charge in [-0.2, -0.15) is 0 Å². The van der Waals surface area contributed by atoms with Gasteiger partial charge in [-0.25, -0.2) is 0 Å². The summed E-state index contributed by atoms with van der Waals surface area (Å²) >= 11 is 0. The number of rotatable bonds is 4. The first-order valence-electron chi connectivity index (χ1n) is 5.34. The summed E-state index contributed by atoms with van der Waals surface area (Å²) in [4.78, 5) is 13.2. The van der Waals surface area contributed by atoms with Crippen molar-refractivity contribution in [2.24, 2.45) is 0 Å².